The first-order chi connectivity index (χ1) is 8.84. The van der Waals surface area contributed by atoms with Crippen LogP contribution in [0, 0.1) is 0 Å². The summed E-state index contributed by atoms with van der Waals surface area (Å²) in [6.45, 7) is 3.53. The zero-order valence-corrected chi connectivity index (χ0v) is 10.8. The molecule has 2 aromatic carbocycles. The third-order valence-electron chi connectivity index (χ3n) is 3.85. The molecule has 1 saturated heterocycles. The summed E-state index contributed by atoms with van der Waals surface area (Å²) in [5.74, 6) is 0. The van der Waals surface area contributed by atoms with Crippen LogP contribution in [-0.4, -0.2) is 17.5 Å². The van der Waals surface area contributed by atoms with Gasteiger partial charge in [-0.15, -0.1) is 0 Å². The van der Waals surface area contributed by atoms with Crippen molar-refractivity contribution in [3.8, 4) is 0 Å². The number of benzene rings is 2. The highest BCUT2D eigenvalue weighted by Gasteiger charge is 2.37. The molecule has 1 nitrogen and oxygen atoms in total. The fourth-order valence-electron chi connectivity index (χ4n) is 2.66. The van der Waals surface area contributed by atoms with Crippen LogP contribution in [0.5, 0.6) is 0 Å². The number of nitrogens with zero attached hydrogens (tertiary/aromatic N) is 1. The van der Waals surface area contributed by atoms with Crippen molar-refractivity contribution in [3.05, 3.63) is 71.8 Å². The van der Waals surface area contributed by atoms with Crippen molar-refractivity contribution in [1.82, 2.24) is 4.90 Å². The number of rotatable bonds is 4. The fourth-order valence-corrected chi connectivity index (χ4v) is 2.66. The van der Waals surface area contributed by atoms with E-state index in [2.05, 4.69) is 72.5 Å². The lowest BCUT2D eigenvalue weighted by Crippen LogP contribution is -2.10. The van der Waals surface area contributed by atoms with Gasteiger partial charge in [0.25, 0.3) is 0 Å². The molecule has 0 amide bonds. The molecule has 3 atom stereocenters. The molecule has 0 saturated carbocycles. The van der Waals surface area contributed by atoms with Crippen LogP contribution in [0.15, 0.2) is 60.7 Å². The SMILES string of the molecule is C[C@@H](c1ccccc1)N1C[C@H]1Cc1ccccc1. The van der Waals surface area contributed by atoms with Crippen molar-refractivity contribution in [3.63, 3.8) is 0 Å². The summed E-state index contributed by atoms with van der Waals surface area (Å²) in [4.78, 5) is 2.57. The summed E-state index contributed by atoms with van der Waals surface area (Å²) < 4.78 is 0. The zero-order chi connectivity index (χ0) is 12.4. The van der Waals surface area contributed by atoms with E-state index in [0.29, 0.717) is 6.04 Å². The van der Waals surface area contributed by atoms with Crippen LogP contribution in [0.4, 0.5) is 0 Å². The third kappa shape index (κ3) is 2.46. The van der Waals surface area contributed by atoms with E-state index in [-0.39, 0.29) is 0 Å². The van der Waals surface area contributed by atoms with E-state index < -0.39 is 0 Å². The molecule has 0 spiro atoms. The standard InChI is InChI=1S/C17H19N/c1-14(16-10-6-3-7-11-16)18-13-17(18)12-15-8-4-2-5-9-15/h2-11,14,17H,12-13H2,1H3/t14-,17+,18?/m0/s1. The maximum Gasteiger partial charge on any atom is 0.0324 e. The lowest BCUT2D eigenvalue weighted by molar-refractivity contribution is 0.405. The van der Waals surface area contributed by atoms with Crippen LogP contribution in [0.1, 0.15) is 24.1 Å². The Balaban J connectivity index is 1.61. The molecular formula is C17H19N. The summed E-state index contributed by atoms with van der Waals surface area (Å²) >= 11 is 0. The van der Waals surface area contributed by atoms with Crippen LogP contribution in [-0.2, 0) is 6.42 Å². The van der Waals surface area contributed by atoms with Gasteiger partial charge in [0.05, 0.1) is 0 Å². The molecule has 1 heteroatoms. The minimum atomic E-state index is 0.542. The summed E-state index contributed by atoms with van der Waals surface area (Å²) in [5.41, 5.74) is 2.87. The first-order valence-corrected chi connectivity index (χ1v) is 6.69. The predicted octanol–water partition coefficient (Wildman–Crippen LogP) is 3.67. The predicted molar refractivity (Wildman–Crippen MR) is 75.5 cm³/mol. The Hall–Kier alpha value is -1.60. The highest BCUT2D eigenvalue weighted by molar-refractivity contribution is 5.22. The summed E-state index contributed by atoms with van der Waals surface area (Å²) in [6.07, 6.45) is 1.18. The molecule has 1 aliphatic rings. The van der Waals surface area contributed by atoms with Gasteiger partial charge in [0.1, 0.15) is 0 Å². The van der Waals surface area contributed by atoms with Gasteiger partial charge in [0.2, 0.25) is 0 Å². The van der Waals surface area contributed by atoms with E-state index in [1.165, 1.54) is 24.1 Å². The van der Waals surface area contributed by atoms with Gasteiger partial charge >= 0.3 is 0 Å². The normalized spacial score (nSPS) is 23.6. The fraction of sp³-hybridized carbons (Fsp3) is 0.294. The largest absolute Gasteiger partial charge is 0.290 e. The molecule has 1 heterocycles. The minimum Gasteiger partial charge on any atom is -0.290 e. The molecule has 1 aliphatic heterocycles. The Morgan fingerprint density at radius 3 is 2.28 bits per heavy atom. The van der Waals surface area contributed by atoms with E-state index in [9.17, 15) is 0 Å². The highest BCUT2D eigenvalue weighted by atomic mass is 15.3. The van der Waals surface area contributed by atoms with Crippen LogP contribution in [0.2, 0.25) is 0 Å². The van der Waals surface area contributed by atoms with Crippen LogP contribution in [0.25, 0.3) is 0 Å². The molecule has 0 aromatic heterocycles. The van der Waals surface area contributed by atoms with E-state index in [1.54, 1.807) is 0 Å². The van der Waals surface area contributed by atoms with Gasteiger partial charge < -0.3 is 0 Å². The molecule has 3 rings (SSSR count). The molecule has 92 valence electrons. The van der Waals surface area contributed by atoms with Crippen molar-refractivity contribution < 1.29 is 0 Å². The van der Waals surface area contributed by atoms with Gasteiger partial charge in [-0.2, -0.15) is 0 Å². The number of hydrogen-bond donors (Lipinski definition) is 0. The van der Waals surface area contributed by atoms with E-state index >= 15 is 0 Å². The maximum absolute atomic E-state index is 2.57. The highest BCUT2D eigenvalue weighted by Crippen LogP contribution is 2.33. The molecule has 0 aliphatic carbocycles. The lowest BCUT2D eigenvalue weighted by Gasteiger charge is -2.14. The minimum absolute atomic E-state index is 0.542. The zero-order valence-electron chi connectivity index (χ0n) is 10.8. The topological polar surface area (TPSA) is 3.01 Å². The third-order valence-corrected chi connectivity index (χ3v) is 3.85. The van der Waals surface area contributed by atoms with Gasteiger partial charge in [0.15, 0.2) is 0 Å². The Morgan fingerprint density at radius 1 is 1.00 bits per heavy atom. The monoisotopic (exact) mass is 237 g/mol. The van der Waals surface area contributed by atoms with Crippen molar-refractivity contribution >= 4 is 0 Å². The molecule has 1 fully saturated rings. The molecule has 1 unspecified atom stereocenters. The number of hydrogen-bond acceptors (Lipinski definition) is 1. The van der Waals surface area contributed by atoms with Crippen molar-refractivity contribution in [1.29, 1.82) is 0 Å². The molecule has 0 N–H and O–H groups in total. The molecule has 18 heavy (non-hydrogen) atoms. The second-order valence-corrected chi connectivity index (χ2v) is 5.13. The van der Waals surface area contributed by atoms with E-state index in [4.69, 9.17) is 0 Å². The first-order valence-electron chi connectivity index (χ1n) is 6.69. The second kappa shape index (κ2) is 4.95. The van der Waals surface area contributed by atoms with Crippen LogP contribution < -0.4 is 0 Å². The van der Waals surface area contributed by atoms with Crippen LogP contribution >= 0.6 is 0 Å². The van der Waals surface area contributed by atoms with Crippen molar-refractivity contribution in [2.24, 2.45) is 0 Å². The van der Waals surface area contributed by atoms with E-state index in [1.807, 2.05) is 0 Å². The van der Waals surface area contributed by atoms with Gasteiger partial charge in [0, 0.05) is 18.6 Å². The summed E-state index contributed by atoms with van der Waals surface area (Å²) in [7, 11) is 0. The van der Waals surface area contributed by atoms with Crippen LogP contribution in [0.3, 0.4) is 0 Å². The van der Waals surface area contributed by atoms with Gasteiger partial charge in [-0.3, -0.25) is 4.90 Å². The quantitative estimate of drug-likeness (QED) is 0.733. The van der Waals surface area contributed by atoms with Gasteiger partial charge in [-0.1, -0.05) is 60.7 Å². The van der Waals surface area contributed by atoms with Gasteiger partial charge in [-0.25, -0.2) is 0 Å². The van der Waals surface area contributed by atoms with E-state index in [0.717, 1.165) is 6.04 Å². The average Bonchev–Trinajstić information content (AvgIpc) is 3.19. The Labute approximate surface area is 109 Å². The Kier molecular flexibility index (Phi) is 3.16. The molecule has 2 aromatic rings. The first kappa shape index (κ1) is 11.5. The van der Waals surface area contributed by atoms with Crippen molar-refractivity contribution in [2.45, 2.75) is 25.4 Å². The smallest absolute Gasteiger partial charge is 0.0324 e. The molecular weight excluding hydrogens is 218 g/mol. The Morgan fingerprint density at radius 2 is 1.61 bits per heavy atom. The Bertz CT molecular complexity index is 492. The lowest BCUT2D eigenvalue weighted by atomic mass is 10.1. The second-order valence-electron chi connectivity index (χ2n) is 5.13. The maximum atomic E-state index is 2.57. The van der Waals surface area contributed by atoms with Crippen molar-refractivity contribution in [2.75, 3.05) is 6.54 Å². The van der Waals surface area contributed by atoms with Gasteiger partial charge in [-0.05, 0) is 24.5 Å². The summed E-state index contributed by atoms with van der Waals surface area (Å²) in [5, 5.41) is 0. The molecule has 0 bridgehead atoms. The molecule has 0 radical (unpaired) electrons. The average molecular weight is 237 g/mol. The summed E-state index contributed by atoms with van der Waals surface area (Å²) in [6, 6.07) is 22.8.